The Kier molecular flexibility index (Phi) is 4.43. The summed E-state index contributed by atoms with van der Waals surface area (Å²) in [5, 5.41) is 0.00952. The Balaban J connectivity index is 1.99. The number of aryl methyl sites for hydroxylation is 1. The topological polar surface area (TPSA) is 38.1 Å². The van der Waals surface area contributed by atoms with Gasteiger partial charge in [0.05, 0.1) is 22.3 Å². The third kappa shape index (κ3) is 2.62. The van der Waals surface area contributed by atoms with E-state index in [1.54, 1.807) is 11.8 Å². The number of fused-ring (bicyclic) bond motifs is 1. The van der Waals surface area contributed by atoms with Gasteiger partial charge < -0.3 is 9.47 Å². The summed E-state index contributed by atoms with van der Waals surface area (Å²) >= 11 is 1.61. The molecule has 1 aromatic heterocycles. The van der Waals surface area contributed by atoms with Crippen LogP contribution in [0.25, 0.3) is 11.0 Å². The first-order valence-electron chi connectivity index (χ1n) is 7.88. The molecule has 4 nitrogen and oxygen atoms in total. The van der Waals surface area contributed by atoms with E-state index in [1.807, 2.05) is 36.3 Å². The van der Waals surface area contributed by atoms with Crippen LogP contribution in [0, 0.1) is 0 Å². The number of rotatable bonds is 3. The fourth-order valence-electron chi connectivity index (χ4n) is 3.26. The van der Waals surface area contributed by atoms with Crippen LogP contribution in [-0.2, 0) is 11.8 Å². The highest BCUT2D eigenvalue weighted by Gasteiger charge is 2.33. The minimum absolute atomic E-state index is 0.00952. The maximum Gasteiger partial charge on any atom is 0.236 e. The number of hydrogen-bond acceptors (Lipinski definition) is 3. The van der Waals surface area contributed by atoms with Crippen LogP contribution in [0.15, 0.2) is 24.3 Å². The van der Waals surface area contributed by atoms with E-state index >= 15 is 0 Å². The number of likely N-dealkylation sites (tertiary alicyclic amines) is 1. The zero-order chi connectivity index (χ0) is 15.7. The van der Waals surface area contributed by atoms with Crippen LogP contribution in [0.2, 0.25) is 0 Å². The van der Waals surface area contributed by atoms with Gasteiger partial charge in [-0.1, -0.05) is 12.1 Å². The Labute approximate surface area is 135 Å². The van der Waals surface area contributed by atoms with Crippen LogP contribution < -0.4 is 0 Å². The van der Waals surface area contributed by atoms with E-state index in [1.165, 1.54) is 0 Å². The van der Waals surface area contributed by atoms with E-state index in [2.05, 4.69) is 17.7 Å². The van der Waals surface area contributed by atoms with E-state index in [0.29, 0.717) is 0 Å². The molecule has 5 heteroatoms. The predicted molar refractivity (Wildman–Crippen MR) is 92.0 cm³/mol. The van der Waals surface area contributed by atoms with Gasteiger partial charge in [0.15, 0.2) is 0 Å². The molecular formula is C17H23N3OS. The van der Waals surface area contributed by atoms with Crippen molar-refractivity contribution >= 4 is 28.7 Å². The Morgan fingerprint density at radius 3 is 2.86 bits per heavy atom. The van der Waals surface area contributed by atoms with Gasteiger partial charge in [0.1, 0.15) is 5.82 Å². The van der Waals surface area contributed by atoms with E-state index in [9.17, 15) is 4.79 Å². The average molecular weight is 317 g/mol. The van der Waals surface area contributed by atoms with Crippen LogP contribution >= 0.6 is 11.8 Å². The summed E-state index contributed by atoms with van der Waals surface area (Å²) in [5.74, 6) is 1.26. The van der Waals surface area contributed by atoms with Crippen molar-refractivity contribution in [3.05, 3.63) is 30.1 Å². The molecule has 22 heavy (non-hydrogen) atoms. The van der Waals surface area contributed by atoms with Crippen molar-refractivity contribution in [1.82, 2.24) is 14.5 Å². The third-order valence-corrected chi connectivity index (χ3v) is 5.52. The molecule has 0 saturated carbocycles. The van der Waals surface area contributed by atoms with Gasteiger partial charge in [-0.3, -0.25) is 4.79 Å². The Hall–Kier alpha value is -1.49. The molecule has 0 radical (unpaired) electrons. The minimum Gasteiger partial charge on any atom is -0.332 e. The highest BCUT2D eigenvalue weighted by Crippen LogP contribution is 2.33. The smallest absolute Gasteiger partial charge is 0.236 e. The normalized spacial score (nSPS) is 20.3. The number of aromatic nitrogens is 2. The van der Waals surface area contributed by atoms with Gasteiger partial charge in [-0.15, -0.1) is 0 Å². The lowest BCUT2D eigenvalue weighted by Crippen LogP contribution is -2.43. The number of hydrogen-bond donors (Lipinski definition) is 0. The molecule has 3 rings (SSSR count). The molecule has 0 unspecified atom stereocenters. The predicted octanol–water partition coefficient (Wildman–Crippen LogP) is 3.38. The number of amides is 1. The maximum atomic E-state index is 12.7. The summed E-state index contributed by atoms with van der Waals surface area (Å²) in [6, 6.07) is 8.28. The zero-order valence-corrected chi connectivity index (χ0v) is 14.3. The molecule has 0 N–H and O–H groups in total. The van der Waals surface area contributed by atoms with Gasteiger partial charge in [-0.05, 0) is 44.6 Å². The second-order valence-electron chi connectivity index (χ2n) is 5.94. The molecule has 1 aromatic carbocycles. The van der Waals surface area contributed by atoms with E-state index in [4.69, 9.17) is 4.98 Å². The first-order chi connectivity index (χ1) is 10.6. The Morgan fingerprint density at radius 1 is 1.36 bits per heavy atom. The van der Waals surface area contributed by atoms with Crippen molar-refractivity contribution in [2.24, 2.45) is 7.05 Å². The molecule has 1 fully saturated rings. The number of thioether (sulfide) groups is 1. The third-order valence-electron chi connectivity index (χ3n) is 4.61. The molecule has 0 spiro atoms. The maximum absolute atomic E-state index is 12.7. The van der Waals surface area contributed by atoms with Crippen molar-refractivity contribution in [3.63, 3.8) is 0 Å². The first kappa shape index (κ1) is 15.4. The summed E-state index contributed by atoms with van der Waals surface area (Å²) < 4.78 is 2.15. The highest BCUT2D eigenvalue weighted by molar-refractivity contribution is 7.99. The lowest BCUT2D eigenvalue weighted by molar-refractivity contribution is -0.134. The number of para-hydroxylation sites is 2. The lowest BCUT2D eigenvalue weighted by atomic mass is 10.0. The Bertz CT molecular complexity index is 682. The number of carbonyl (C=O) groups excluding carboxylic acids is 1. The minimum atomic E-state index is 0.00952. The molecule has 1 saturated heterocycles. The molecule has 1 amide bonds. The van der Waals surface area contributed by atoms with Gasteiger partial charge in [0.2, 0.25) is 5.91 Å². The van der Waals surface area contributed by atoms with Gasteiger partial charge >= 0.3 is 0 Å². The van der Waals surface area contributed by atoms with Crippen LogP contribution in [0.3, 0.4) is 0 Å². The number of nitrogens with zero attached hydrogens (tertiary/aromatic N) is 3. The van der Waals surface area contributed by atoms with Crippen LogP contribution in [0.4, 0.5) is 0 Å². The fourth-order valence-corrected chi connectivity index (χ4v) is 3.60. The zero-order valence-electron chi connectivity index (χ0n) is 13.5. The molecule has 118 valence electrons. The van der Waals surface area contributed by atoms with E-state index < -0.39 is 0 Å². The monoisotopic (exact) mass is 317 g/mol. The lowest BCUT2D eigenvalue weighted by Gasteiger charge is -2.36. The summed E-state index contributed by atoms with van der Waals surface area (Å²) in [4.78, 5) is 19.6. The van der Waals surface area contributed by atoms with Crippen molar-refractivity contribution < 1.29 is 4.79 Å². The van der Waals surface area contributed by atoms with Crippen molar-refractivity contribution in [2.45, 2.75) is 37.5 Å². The number of imidazole rings is 1. The second kappa shape index (κ2) is 6.32. The van der Waals surface area contributed by atoms with Crippen molar-refractivity contribution in [3.8, 4) is 0 Å². The van der Waals surface area contributed by atoms with Gasteiger partial charge in [-0.25, -0.2) is 4.98 Å². The first-order valence-corrected chi connectivity index (χ1v) is 9.17. The molecule has 2 atom stereocenters. The number of piperidine rings is 1. The van der Waals surface area contributed by atoms with Crippen LogP contribution in [-0.4, -0.2) is 38.4 Å². The molecule has 1 aliphatic rings. The molecule has 2 heterocycles. The van der Waals surface area contributed by atoms with E-state index in [0.717, 1.165) is 42.7 Å². The summed E-state index contributed by atoms with van der Waals surface area (Å²) in [6.45, 7) is 2.84. The van der Waals surface area contributed by atoms with Crippen LogP contribution in [0.5, 0.6) is 0 Å². The molecule has 0 bridgehead atoms. The van der Waals surface area contributed by atoms with Crippen molar-refractivity contribution in [2.75, 3.05) is 12.8 Å². The SMILES string of the molecule is CS[C@H](C)C(=O)N1CCCC[C@@H]1c1nc2ccccc2n1C. The summed E-state index contributed by atoms with van der Waals surface area (Å²) in [5.41, 5.74) is 2.14. The fraction of sp³-hybridized carbons (Fsp3) is 0.529. The quantitative estimate of drug-likeness (QED) is 0.871. The molecule has 0 aliphatic carbocycles. The molecule has 1 aliphatic heterocycles. The summed E-state index contributed by atoms with van der Waals surface area (Å²) in [7, 11) is 2.06. The van der Waals surface area contributed by atoms with Crippen molar-refractivity contribution in [1.29, 1.82) is 0 Å². The Morgan fingerprint density at radius 2 is 2.14 bits per heavy atom. The molecule has 2 aromatic rings. The van der Waals surface area contributed by atoms with Gasteiger partial charge in [-0.2, -0.15) is 11.8 Å². The second-order valence-corrected chi connectivity index (χ2v) is 7.12. The standard InChI is InChI=1S/C17H23N3OS/c1-12(22-3)17(21)20-11-7-6-10-15(20)16-18-13-8-4-5-9-14(13)19(16)2/h4-5,8-9,12,15H,6-7,10-11H2,1-3H3/t12-,15-/m1/s1. The van der Waals surface area contributed by atoms with E-state index in [-0.39, 0.29) is 17.2 Å². The summed E-state index contributed by atoms with van der Waals surface area (Å²) in [6.07, 6.45) is 5.25. The molecular weight excluding hydrogens is 294 g/mol. The van der Waals surface area contributed by atoms with Gasteiger partial charge in [0, 0.05) is 13.6 Å². The number of benzene rings is 1. The highest BCUT2D eigenvalue weighted by atomic mass is 32.2. The van der Waals surface area contributed by atoms with Gasteiger partial charge in [0.25, 0.3) is 0 Å². The number of carbonyl (C=O) groups is 1. The largest absolute Gasteiger partial charge is 0.332 e. The van der Waals surface area contributed by atoms with Crippen LogP contribution in [0.1, 0.15) is 38.1 Å². The average Bonchev–Trinajstić information content (AvgIpc) is 2.90.